The number of allylic oxidation sites excluding steroid dienone is 8. The second-order valence-electron chi connectivity index (χ2n) is 15.3. The van der Waals surface area contributed by atoms with E-state index in [0.717, 1.165) is 57.8 Å². The average Bonchev–Trinajstić information content (AvgIpc) is 3.20. The number of esters is 2. The fraction of sp³-hybridized carbons (Fsp3) is 0.787. The van der Waals surface area contributed by atoms with E-state index in [9.17, 15) is 19.0 Å². The Kier molecular flexibility index (Phi) is 42.0. The topological polar surface area (TPSA) is 134 Å². The number of carbonyl (C=O) groups is 2. The van der Waals surface area contributed by atoms with Crippen molar-refractivity contribution in [2.45, 2.75) is 213 Å². The van der Waals surface area contributed by atoms with Crippen molar-refractivity contribution < 1.29 is 37.6 Å². The van der Waals surface area contributed by atoms with E-state index in [0.29, 0.717) is 6.42 Å². The molecular formula is C47H86NO8P. The molecule has 0 aromatic carbocycles. The molecule has 0 saturated heterocycles. The molecule has 0 aliphatic carbocycles. The normalized spacial score (nSPS) is 13.7. The van der Waals surface area contributed by atoms with Gasteiger partial charge < -0.3 is 20.1 Å². The molecule has 0 fully saturated rings. The van der Waals surface area contributed by atoms with Crippen LogP contribution in [0, 0.1) is 0 Å². The van der Waals surface area contributed by atoms with Crippen LogP contribution in [0.25, 0.3) is 0 Å². The van der Waals surface area contributed by atoms with Gasteiger partial charge in [0, 0.05) is 19.4 Å². The van der Waals surface area contributed by atoms with Gasteiger partial charge in [-0.1, -0.05) is 184 Å². The number of rotatable bonds is 43. The Morgan fingerprint density at radius 3 is 1.39 bits per heavy atom. The standard InChI is InChI=1S/C47H86NO8P/c1-3-5-7-9-11-13-15-17-19-21-22-24-26-28-30-32-34-36-38-40-47(50)56-45(44-55-57(51,52)54-42-41-48)43-53-46(49)39-37-35-33-31-29-27-25-23-20-18-16-14-12-10-8-6-4-2/h11,13,17,19,22,24,28,30,45H,3-10,12,14-16,18,20-21,23,25-27,29,31-44,48H2,1-2H3,(H,51,52)/b13-11+,19-17+,24-22+,30-28+/t45-/m1/s1. The lowest BCUT2D eigenvalue weighted by atomic mass is 10.0. The Balaban J connectivity index is 4.18. The average molecular weight is 824 g/mol. The first kappa shape index (κ1) is 55.0. The second kappa shape index (κ2) is 43.5. The van der Waals surface area contributed by atoms with E-state index in [1.807, 2.05) is 0 Å². The first-order valence-corrected chi connectivity index (χ1v) is 24.6. The van der Waals surface area contributed by atoms with E-state index < -0.39 is 26.5 Å². The van der Waals surface area contributed by atoms with Gasteiger partial charge in [0.15, 0.2) is 6.10 Å². The maximum atomic E-state index is 12.6. The van der Waals surface area contributed by atoms with Gasteiger partial charge >= 0.3 is 19.8 Å². The third kappa shape index (κ3) is 43.4. The molecule has 2 atom stereocenters. The third-order valence-electron chi connectivity index (χ3n) is 9.72. The molecule has 3 N–H and O–H groups in total. The minimum atomic E-state index is -4.39. The smallest absolute Gasteiger partial charge is 0.462 e. The molecule has 0 spiro atoms. The van der Waals surface area contributed by atoms with Gasteiger partial charge in [0.2, 0.25) is 0 Å². The Labute approximate surface area is 349 Å². The summed E-state index contributed by atoms with van der Waals surface area (Å²) in [5, 5.41) is 0. The van der Waals surface area contributed by atoms with E-state index in [1.54, 1.807) is 0 Å². The van der Waals surface area contributed by atoms with E-state index in [2.05, 4.69) is 62.5 Å². The fourth-order valence-electron chi connectivity index (χ4n) is 6.27. The number of nitrogens with two attached hydrogens (primary N) is 1. The summed E-state index contributed by atoms with van der Waals surface area (Å²) in [7, 11) is -4.39. The Bertz CT molecular complexity index is 1080. The highest BCUT2D eigenvalue weighted by atomic mass is 31.2. The Morgan fingerprint density at radius 1 is 0.526 bits per heavy atom. The summed E-state index contributed by atoms with van der Waals surface area (Å²) in [6.07, 6.45) is 50.0. The summed E-state index contributed by atoms with van der Waals surface area (Å²) < 4.78 is 32.8. The highest BCUT2D eigenvalue weighted by Gasteiger charge is 2.26. The van der Waals surface area contributed by atoms with Crippen LogP contribution in [0.4, 0.5) is 0 Å². The van der Waals surface area contributed by atoms with Crippen molar-refractivity contribution in [1.29, 1.82) is 0 Å². The molecule has 0 saturated carbocycles. The highest BCUT2D eigenvalue weighted by molar-refractivity contribution is 7.47. The summed E-state index contributed by atoms with van der Waals surface area (Å²) in [6, 6.07) is 0. The Hall–Kier alpha value is -2.03. The zero-order valence-electron chi connectivity index (χ0n) is 36.6. The van der Waals surface area contributed by atoms with Crippen LogP contribution in [0.5, 0.6) is 0 Å². The van der Waals surface area contributed by atoms with Crippen molar-refractivity contribution in [2.24, 2.45) is 5.73 Å². The minimum Gasteiger partial charge on any atom is -0.462 e. The molecule has 9 nitrogen and oxygen atoms in total. The summed E-state index contributed by atoms with van der Waals surface area (Å²) >= 11 is 0. The van der Waals surface area contributed by atoms with Crippen molar-refractivity contribution in [1.82, 2.24) is 0 Å². The minimum absolute atomic E-state index is 0.0474. The van der Waals surface area contributed by atoms with E-state index >= 15 is 0 Å². The molecule has 10 heteroatoms. The third-order valence-corrected chi connectivity index (χ3v) is 10.7. The van der Waals surface area contributed by atoms with Crippen LogP contribution in [-0.2, 0) is 32.7 Å². The van der Waals surface area contributed by atoms with Crippen molar-refractivity contribution in [3.8, 4) is 0 Å². The molecule has 0 amide bonds. The second-order valence-corrected chi connectivity index (χ2v) is 16.7. The van der Waals surface area contributed by atoms with Gasteiger partial charge in [-0.3, -0.25) is 18.6 Å². The molecule has 57 heavy (non-hydrogen) atoms. The lowest BCUT2D eigenvalue weighted by Crippen LogP contribution is -2.29. The Morgan fingerprint density at radius 2 is 0.912 bits per heavy atom. The van der Waals surface area contributed by atoms with Gasteiger partial charge in [-0.2, -0.15) is 0 Å². The molecule has 0 bridgehead atoms. The first-order chi connectivity index (χ1) is 27.8. The van der Waals surface area contributed by atoms with Gasteiger partial charge in [0.25, 0.3) is 0 Å². The van der Waals surface area contributed by atoms with Crippen LogP contribution in [0.2, 0.25) is 0 Å². The summed E-state index contributed by atoms with van der Waals surface area (Å²) in [4.78, 5) is 34.9. The molecule has 0 aromatic heterocycles. The van der Waals surface area contributed by atoms with Gasteiger partial charge in [-0.15, -0.1) is 0 Å². The fourth-order valence-corrected chi connectivity index (χ4v) is 7.03. The van der Waals surface area contributed by atoms with Crippen LogP contribution >= 0.6 is 7.82 Å². The maximum absolute atomic E-state index is 12.6. The zero-order chi connectivity index (χ0) is 41.8. The van der Waals surface area contributed by atoms with Crippen molar-refractivity contribution in [3.05, 3.63) is 48.6 Å². The lowest BCUT2D eigenvalue weighted by Gasteiger charge is -2.19. The van der Waals surface area contributed by atoms with Crippen LogP contribution in [0.3, 0.4) is 0 Å². The monoisotopic (exact) mass is 824 g/mol. The van der Waals surface area contributed by atoms with E-state index in [1.165, 1.54) is 116 Å². The molecule has 0 aromatic rings. The lowest BCUT2D eigenvalue weighted by molar-refractivity contribution is -0.161. The molecular weight excluding hydrogens is 737 g/mol. The molecule has 0 heterocycles. The number of hydrogen-bond acceptors (Lipinski definition) is 8. The van der Waals surface area contributed by atoms with Gasteiger partial charge in [0.1, 0.15) is 6.61 Å². The molecule has 0 aliphatic heterocycles. The quantitative estimate of drug-likeness (QED) is 0.0267. The van der Waals surface area contributed by atoms with Gasteiger partial charge in [-0.25, -0.2) is 4.57 Å². The number of phosphoric acid groups is 1. The summed E-state index contributed by atoms with van der Waals surface area (Å²) in [6.45, 7) is 3.68. The highest BCUT2D eigenvalue weighted by Crippen LogP contribution is 2.43. The molecule has 1 unspecified atom stereocenters. The summed E-state index contributed by atoms with van der Waals surface area (Å²) in [5.74, 6) is -0.860. The number of hydrogen-bond donors (Lipinski definition) is 2. The number of unbranched alkanes of at least 4 members (excludes halogenated alkanes) is 22. The van der Waals surface area contributed by atoms with Gasteiger partial charge in [-0.05, 0) is 57.8 Å². The van der Waals surface area contributed by atoms with Gasteiger partial charge in [0.05, 0.1) is 13.2 Å². The SMILES string of the molecule is CCCCC/C=C/C/C=C/C/C=C/C/C=C/CCCCCC(=O)O[C@H](COC(=O)CCCCCCCCCCCCCCCCCCC)COP(=O)(O)OCCN. The van der Waals surface area contributed by atoms with E-state index in [-0.39, 0.29) is 38.6 Å². The van der Waals surface area contributed by atoms with Crippen LogP contribution in [0.15, 0.2) is 48.6 Å². The van der Waals surface area contributed by atoms with Crippen molar-refractivity contribution >= 4 is 19.8 Å². The van der Waals surface area contributed by atoms with Crippen LogP contribution < -0.4 is 5.73 Å². The number of phosphoric ester groups is 1. The van der Waals surface area contributed by atoms with Crippen LogP contribution in [0.1, 0.15) is 206 Å². The predicted octanol–water partition coefficient (Wildman–Crippen LogP) is 13.5. The molecule has 0 radical (unpaired) electrons. The van der Waals surface area contributed by atoms with Crippen molar-refractivity contribution in [3.63, 3.8) is 0 Å². The van der Waals surface area contributed by atoms with Crippen molar-refractivity contribution in [2.75, 3.05) is 26.4 Å². The summed E-state index contributed by atoms with van der Waals surface area (Å²) in [5.41, 5.74) is 5.35. The number of ether oxygens (including phenoxy) is 2. The maximum Gasteiger partial charge on any atom is 0.472 e. The number of carbonyl (C=O) groups excluding carboxylic acids is 2. The van der Waals surface area contributed by atoms with E-state index in [4.69, 9.17) is 24.3 Å². The zero-order valence-corrected chi connectivity index (χ0v) is 37.5. The molecule has 332 valence electrons. The molecule has 0 aliphatic rings. The first-order valence-electron chi connectivity index (χ1n) is 23.1. The molecule has 0 rings (SSSR count). The predicted molar refractivity (Wildman–Crippen MR) is 238 cm³/mol. The largest absolute Gasteiger partial charge is 0.472 e. The van der Waals surface area contributed by atoms with Crippen LogP contribution in [-0.4, -0.2) is 49.3 Å².